The van der Waals surface area contributed by atoms with E-state index in [1.54, 1.807) is 6.07 Å². The molecule has 0 N–H and O–H groups in total. The van der Waals surface area contributed by atoms with E-state index in [0.717, 1.165) is 21.8 Å². The summed E-state index contributed by atoms with van der Waals surface area (Å²) in [5, 5.41) is 12.1. The number of aromatic nitrogens is 4. The summed E-state index contributed by atoms with van der Waals surface area (Å²) in [5.74, 6) is -1.13. The summed E-state index contributed by atoms with van der Waals surface area (Å²) in [6, 6.07) is 1.79. The molecule has 3 heterocycles. The van der Waals surface area contributed by atoms with Crippen LogP contribution in [0.25, 0.3) is 19.8 Å². The fourth-order valence-corrected chi connectivity index (χ4v) is 3.65. The molecular weight excluding hydrogens is 328 g/mol. The molecule has 112 valence electrons. The van der Waals surface area contributed by atoms with E-state index in [2.05, 4.69) is 24.5 Å². The molecule has 0 aromatic carbocycles. The second-order valence-corrected chi connectivity index (χ2v) is 5.83. The number of fused-ring (bicyclic) bond motifs is 1. The summed E-state index contributed by atoms with van der Waals surface area (Å²) in [6.07, 6.45) is 1.54. The van der Waals surface area contributed by atoms with Gasteiger partial charge >= 0.3 is 11.9 Å². The highest BCUT2D eigenvalue weighted by atomic mass is 32.1. The van der Waals surface area contributed by atoms with Crippen molar-refractivity contribution in [1.29, 1.82) is 0 Å². The second kappa shape index (κ2) is 5.73. The highest BCUT2D eigenvalue weighted by molar-refractivity contribution is 7.25. The van der Waals surface area contributed by atoms with Crippen LogP contribution in [0.1, 0.15) is 21.0 Å². The van der Waals surface area contributed by atoms with Crippen LogP contribution in [0, 0.1) is 0 Å². The number of ether oxygens (including phenoxy) is 2. The first-order valence-electron chi connectivity index (χ1n) is 5.90. The van der Waals surface area contributed by atoms with E-state index in [1.807, 2.05) is 0 Å². The molecule has 8 nitrogen and oxygen atoms in total. The molecule has 10 heteroatoms. The first-order chi connectivity index (χ1) is 10.7. The SMILES string of the molecule is COC(=O)c1nnsc1-c1cc2cnnc(C(=O)OC)c2s1. The Morgan fingerprint density at radius 1 is 1.09 bits per heavy atom. The van der Waals surface area contributed by atoms with Gasteiger partial charge in [0.2, 0.25) is 0 Å². The highest BCUT2D eigenvalue weighted by Crippen LogP contribution is 2.37. The summed E-state index contributed by atoms with van der Waals surface area (Å²) in [7, 11) is 2.55. The zero-order valence-corrected chi connectivity index (χ0v) is 13.0. The first kappa shape index (κ1) is 14.5. The van der Waals surface area contributed by atoms with E-state index in [1.165, 1.54) is 31.8 Å². The van der Waals surface area contributed by atoms with Crippen molar-refractivity contribution in [2.75, 3.05) is 14.2 Å². The predicted octanol–water partition coefficient (Wildman–Crippen LogP) is 1.78. The van der Waals surface area contributed by atoms with Gasteiger partial charge in [0.05, 0.1) is 25.1 Å². The van der Waals surface area contributed by atoms with Crippen LogP contribution in [0.3, 0.4) is 0 Å². The van der Waals surface area contributed by atoms with E-state index in [9.17, 15) is 9.59 Å². The molecule has 0 amide bonds. The zero-order valence-electron chi connectivity index (χ0n) is 11.4. The lowest BCUT2D eigenvalue weighted by molar-refractivity contribution is 0.0586. The number of hydrogen-bond acceptors (Lipinski definition) is 10. The number of carbonyl (C=O) groups is 2. The Morgan fingerprint density at radius 2 is 1.82 bits per heavy atom. The summed E-state index contributed by atoms with van der Waals surface area (Å²) in [5.41, 5.74) is 0.271. The fourth-order valence-electron chi connectivity index (χ4n) is 1.80. The molecule has 0 atom stereocenters. The van der Waals surface area contributed by atoms with Gasteiger partial charge in [-0.2, -0.15) is 5.10 Å². The van der Waals surface area contributed by atoms with Crippen molar-refractivity contribution in [3.05, 3.63) is 23.7 Å². The first-order valence-corrected chi connectivity index (χ1v) is 7.49. The summed E-state index contributed by atoms with van der Waals surface area (Å²) in [4.78, 5) is 24.7. The number of hydrogen-bond donors (Lipinski definition) is 0. The molecular formula is C12H8N4O4S2. The average Bonchev–Trinajstić information content (AvgIpc) is 3.18. The third-order valence-corrected chi connectivity index (χ3v) is 4.86. The van der Waals surface area contributed by atoms with E-state index in [4.69, 9.17) is 4.74 Å². The van der Waals surface area contributed by atoms with Crippen molar-refractivity contribution in [2.45, 2.75) is 0 Å². The van der Waals surface area contributed by atoms with Gasteiger partial charge in [0.25, 0.3) is 0 Å². The third kappa shape index (κ3) is 2.31. The maximum absolute atomic E-state index is 11.7. The van der Waals surface area contributed by atoms with Crippen LogP contribution in [-0.4, -0.2) is 45.9 Å². The Bertz CT molecular complexity index is 873. The van der Waals surface area contributed by atoms with Crippen molar-refractivity contribution in [2.24, 2.45) is 0 Å². The quantitative estimate of drug-likeness (QED) is 0.667. The standard InChI is InChI=1S/C12H8N4O4S2/c1-19-11(17)7-9-5(4-13-14-7)3-6(21-9)10-8(12(18)20-2)15-16-22-10/h3-4H,1-2H3. The van der Waals surface area contributed by atoms with Crippen LogP contribution in [0.5, 0.6) is 0 Å². The molecule has 0 fully saturated rings. The van der Waals surface area contributed by atoms with Gasteiger partial charge in [-0.1, -0.05) is 4.49 Å². The van der Waals surface area contributed by atoms with Crippen LogP contribution in [0.2, 0.25) is 0 Å². The maximum Gasteiger partial charge on any atom is 0.360 e. The Hall–Kier alpha value is -2.46. The topological polar surface area (TPSA) is 104 Å². The second-order valence-electron chi connectivity index (χ2n) is 4.02. The lowest BCUT2D eigenvalue weighted by Gasteiger charge is -1.97. The van der Waals surface area contributed by atoms with Gasteiger partial charge in [0.1, 0.15) is 4.88 Å². The number of nitrogens with zero attached hydrogens (tertiary/aromatic N) is 4. The minimum atomic E-state index is -0.567. The molecule has 0 spiro atoms. The van der Waals surface area contributed by atoms with Gasteiger partial charge < -0.3 is 9.47 Å². The predicted molar refractivity (Wildman–Crippen MR) is 79.0 cm³/mol. The van der Waals surface area contributed by atoms with E-state index in [0.29, 0.717) is 9.58 Å². The molecule has 3 aromatic rings. The summed E-state index contributed by atoms with van der Waals surface area (Å²) < 4.78 is 13.8. The number of rotatable bonds is 3. The molecule has 0 unspecified atom stereocenters. The maximum atomic E-state index is 11.7. The number of carbonyl (C=O) groups excluding carboxylic acids is 2. The van der Waals surface area contributed by atoms with Crippen LogP contribution < -0.4 is 0 Å². The molecule has 0 saturated heterocycles. The molecule has 3 aromatic heterocycles. The highest BCUT2D eigenvalue weighted by Gasteiger charge is 2.22. The van der Waals surface area contributed by atoms with Crippen molar-refractivity contribution >= 4 is 44.9 Å². The molecule has 0 radical (unpaired) electrons. The van der Waals surface area contributed by atoms with Crippen molar-refractivity contribution in [3.63, 3.8) is 0 Å². The molecule has 0 aliphatic rings. The number of thiophene rings is 1. The number of methoxy groups -OCH3 is 2. The Morgan fingerprint density at radius 3 is 2.55 bits per heavy atom. The minimum Gasteiger partial charge on any atom is -0.464 e. The van der Waals surface area contributed by atoms with Gasteiger partial charge in [-0.05, 0) is 17.6 Å². The van der Waals surface area contributed by atoms with Gasteiger partial charge in [-0.3, -0.25) is 0 Å². The molecule has 22 heavy (non-hydrogen) atoms. The number of esters is 2. The molecule has 0 saturated carbocycles. The van der Waals surface area contributed by atoms with Crippen molar-refractivity contribution < 1.29 is 19.1 Å². The minimum absolute atomic E-state index is 0.133. The monoisotopic (exact) mass is 336 g/mol. The summed E-state index contributed by atoms with van der Waals surface area (Å²) in [6.45, 7) is 0. The smallest absolute Gasteiger partial charge is 0.360 e. The molecule has 3 rings (SSSR count). The van der Waals surface area contributed by atoms with Gasteiger partial charge in [0.15, 0.2) is 11.4 Å². The van der Waals surface area contributed by atoms with E-state index < -0.39 is 11.9 Å². The van der Waals surface area contributed by atoms with E-state index >= 15 is 0 Å². The fraction of sp³-hybridized carbons (Fsp3) is 0.167. The van der Waals surface area contributed by atoms with Gasteiger partial charge in [-0.25, -0.2) is 9.59 Å². The Balaban J connectivity index is 2.16. The molecule has 0 aliphatic carbocycles. The van der Waals surface area contributed by atoms with Crippen LogP contribution in [-0.2, 0) is 9.47 Å². The Kier molecular flexibility index (Phi) is 3.77. The zero-order chi connectivity index (χ0) is 15.7. The van der Waals surface area contributed by atoms with Crippen LogP contribution in [0.15, 0.2) is 12.3 Å². The molecule has 0 bridgehead atoms. The Labute approximate surface area is 131 Å². The average molecular weight is 336 g/mol. The van der Waals surface area contributed by atoms with Gasteiger partial charge in [-0.15, -0.1) is 21.5 Å². The van der Waals surface area contributed by atoms with Crippen molar-refractivity contribution in [1.82, 2.24) is 19.8 Å². The van der Waals surface area contributed by atoms with Crippen LogP contribution in [0.4, 0.5) is 0 Å². The normalized spacial score (nSPS) is 10.6. The summed E-state index contributed by atoms with van der Waals surface area (Å²) >= 11 is 2.36. The molecule has 0 aliphatic heterocycles. The third-order valence-electron chi connectivity index (χ3n) is 2.80. The van der Waals surface area contributed by atoms with Crippen LogP contribution >= 0.6 is 22.9 Å². The van der Waals surface area contributed by atoms with Gasteiger partial charge in [0, 0.05) is 10.3 Å². The lowest BCUT2D eigenvalue weighted by Crippen LogP contribution is -2.05. The largest absolute Gasteiger partial charge is 0.464 e. The van der Waals surface area contributed by atoms with Crippen molar-refractivity contribution in [3.8, 4) is 9.75 Å². The van der Waals surface area contributed by atoms with E-state index in [-0.39, 0.29) is 11.4 Å². The lowest BCUT2D eigenvalue weighted by atomic mass is 10.2.